The molecule has 1 amide bonds. The third-order valence-electron chi connectivity index (χ3n) is 3.69. The highest BCUT2D eigenvalue weighted by atomic mass is 16.4. The molecule has 0 aliphatic carbocycles. The highest BCUT2D eigenvalue weighted by Gasteiger charge is 2.22. The van der Waals surface area contributed by atoms with Crippen LogP contribution in [0, 0.1) is 5.92 Å². The normalized spacial score (nSPS) is 12.5. The summed E-state index contributed by atoms with van der Waals surface area (Å²) < 4.78 is 2.81. The highest BCUT2D eigenvalue weighted by molar-refractivity contribution is 5.85. The van der Waals surface area contributed by atoms with Gasteiger partial charge in [0.15, 0.2) is 0 Å². The molecule has 1 atom stereocenters. The standard InChI is InChI=1S/C16H21N3O4/c1-10(2)8-11(15(21)22)17-14(20)9-19-13-7-5-4-6-12(13)18(3)16(19)23/h4-7,10-11H,8-9H2,1-3H3,(H,17,20)(H,21,22)/t11-/m1/s1. The van der Waals surface area contributed by atoms with Gasteiger partial charge >= 0.3 is 11.7 Å². The van der Waals surface area contributed by atoms with Gasteiger partial charge < -0.3 is 10.4 Å². The van der Waals surface area contributed by atoms with E-state index in [9.17, 15) is 19.5 Å². The summed E-state index contributed by atoms with van der Waals surface area (Å²) >= 11 is 0. The molecule has 0 aliphatic heterocycles. The molecule has 2 N–H and O–H groups in total. The van der Waals surface area contributed by atoms with Crippen molar-refractivity contribution in [2.24, 2.45) is 13.0 Å². The molecule has 1 aromatic carbocycles. The number of nitrogens with zero attached hydrogens (tertiary/aromatic N) is 2. The number of imidazole rings is 1. The summed E-state index contributed by atoms with van der Waals surface area (Å²) in [4.78, 5) is 35.6. The van der Waals surface area contributed by atoms with Crippen LogP contribution in [0.25, 0.3) is 11.0 Å². The number of fused-ring (bicyclic) bond motifs is 1. The third kappa shape index (κ3) is 3.61. The van der Waals surface area contributed by atoms with Crippen LogP contribution in [0.15, 0.2) is 29.1 Å². The first-order chi connectivity index (χ1) is 10.8. The fourth-order valence-corrected chi connectivity index (χ4v) is 2.59. The van der Waals surface area contributed by atoms with Crippen LogP contribution in [0.3, 0.4) is 0 Å². The van der Waals surface area contributed by atoms with E-state index in [4.69, 9.17) is 0 Å². The van der Waals surface area contributed by atoms with E-state index in [1.807, 2.05) is 19.9 Å². The lowest BCUT2D eigenvalue weighted by atomic mass is 10.0. The Balaban J connectivity index is 2.22. The Bertz CT molecular complexity index is 788. The van der Waals surface area contributed by atoms with Gasteiger partial charge in [0.05, 0.1) is 11.0 Å². The number of carbonyl (C=O) groups is 2. The van der Waals surface area contributed by atoms with Gasteiger partial charge in [0, 0.05) is 7.05 Å². The maximum absolute atomic E-state index is 12.3. The monoisotopic (exact) mass is 319 g/mol. The van der Waals surface area contributed by atoms with E-state index in [-0.39, 0.29) is 18.2 Å². The number of carboxylic acid groups (broad SMARTS) is 1. The number of rotatable bonds is 6. The van der Waals surface area contributed by atoms with Crippen LogP contribution in [-0.4, -0.2) is 32.2 Å². The van der Waals surface area contributed by atoms with Gasteiger partial charge in [-0.1, -0.05) is 26.0 Å². The predicted molar refractivity (Wildman–Crippen MR) is 86.2 cm³/mol. The topological polar surface area (TPSA) is 93.3 Å². The number of para-hydroxylation sites is 2. The van der Waals surface area contributed by atoms with Crippen molar-refractivity contribution in [3.63, 3.8) is 0 Å². The lowest BCUT2D eigenvalue weighted by molar-refractivity contribution is -0.142. The quantitative estimate of drug-likeness (QED) is 0.829. The Kier molecular flexibility index (Phi) is 4.88. The molecule has 124 valence electrons. The highest BCUT2D eigenvalue weighted by Crippen LogP contribution is 2.11. The second-order valence-electron chi connectivity index (χ2n) is 6.00. The molecular weight excluding hydrogens is 298 g/mol. The molecular formula is C16H21N3O4. The molecule has 7 heteroatoms. The van der Waals surface area contributed by atoms with E-state index in [1.165, 1.54) is 9.13 Å². The van der Waals surface area contributed by atoms with Gasteiger partial charge in [-0.25, -0.2) is 9.59 Å². The zero-order valence-corrected chi connectivity index (χ0v) is 13.4. The first-order valence-corrected chi connectivity index (χ1v) is 7.47. The average Bonchev–Trinajstić information content (AvgIpc) is 2.72. The number of aromatic nitrogens is 2. The maximum atomic E-state index is 12.3. The average molecular weight is 319 g/mol. The summed E-state index contributed by atoms with van der Waals surface area (Å²) in [6.07, 6.45) is 0.339. The molecule has 23 heavy (non-hydrogen) atoms. The number of aliphatic carboxylic acids is 1. The Morgan fingerprint density at radius 3 is 2.39 bits per heavy atom. The van der Waals surface area contributed by atoms with Crippen LogP contribution < -0.4 is 11.0 Å². The van der Waals surface area contributed by atoms with Gasteiger partial charge in [-0.2, -0.15) is 0 Å². The SMILES string of the molecule is CC(C)C[C@@H](NC(=O)Cn1c(=O)n(C)c2ccccc21)C(=O)O. The smallest absolute Gasteiger partial charge is 0.329 e. The van der Waals surface area contributed by atoms with Gasteiger partial charge in [-0.3, -0.25) is 13.9 Å². The van der Waals surface area contributed by atoms with Crippen molar-refractivity contribution >= 4 is 22.9 Å². The van der Waals surface area contributed by atoms with Crippen molar-refractivity contribution in [2.75, 3.05) is 0 Å². The number of aryl methyl sites for hydroxylation is 1. The van der Waals surface area contributed by atoms with Crippen molar-refractivity contribution in [1.82, 2.24) is 14.5 Å². The van der Waals surface area contributed by atoms with Crippen molar-refractivity contribution < 1.29 is 14.7 Å². The van der Waals surface area contributed by atoms with Gasteiger partial charge in [-0.15, -0.1) is 0 Å². The molecule has 1 heterocycles. The number of nitrogens with one attached hydrogen (secondary N) is 1. The van der Waals surface area contributed by atoms with Crippen LogP contribution in [0.4, 0.5) is 0 Å². The second-order valence-corrected chi connectivity index (χ2v) is 6.00. The molecule has 0 aliphatic rings. The minimum Gasteiger partial charge on any atom is -0.480 e. The minimum absolute atomic E-state index is 0.136. The molecule has 0 unspecified atom stereocenters. The van der Waals surface area contributed by atoms with Crippen molar-refractivity contribution in [3.8, 4) is 0 Å². The predicted octanol–water partition coefficient (Wildman–Crippen LogP) is 0.955. The summed E-state index contributed by atoms with van der Waals surface area (Å²) in [5.41, 5.74) is 1.06. The fourth-order valence-electron chi connectivity index (χ4n) is 2.59. The molecule has 0 saturated heterocycles. The van der Waals surface area contributed by atoms with E-state index < -0.39 is 17.9 Å². The number of hydrogen-bond donors (Lipinski definition) is 2. The zero-order valence-electron chi connectivity index (χ0n) is 13.4. The lowest BCUT2D eigenvalue weighted by Gasteiger charge is -2.16. The van der Waals surface area contributed by atoms with Crippen LogP contribution in [0.1, 0.15) is 20.3 Å². The van der Waals surface area contributed by atoms with Crippen molar-refractivity contribution in [1.29, 1.82) is 0 Å². The van der Waals surface area contributed by atoms with Crippen molar-refractivity contribution in [2.45, 2.75) is 32.9 Å². The third-order valence-corrected chi connectivity index (χ3v) is 3.69. The maximum Gasteiger partial charge on any atom is 0.329 e. The lowest BCUT2D eigenvalue weighted by Crippen LogP contribution is -2.44. The molecule has 0 bridgehead atoms. The minimum atomic E-state index is -1.07. The Labute approximate surface area is 133 Å². The molecule has 1 aromatic heterocycles. The van der Waals surface area contributed by atoms with Gasteiger partial charge in [0.25, 0.3) is 0 Å². The first kappa shape index (κ1) is 16.8. The van der Waals surface area contributed by atoms with Crippen LogP contribution >= 0.6 is 0 Å². The van der Waals surface area contributed by atoms with Crippen LogP contribution in [-0.2, 0) is 23.2 Å². The molecule has 2 aromatic rings. The summed E-state index contributed by atoms with van der Waals surface area (Å²) in [5, 5.41) is 11.7. The van der Waals surface area contributed by atoms with Gasteiger partial charge in [0.1, 0.15) is 12.6 Å². The number of amides is 1. The first-order valence-electron chi connectivity index (χ1n) is 7.47. The molecule has 0 fully saturated rings. The van der Waals surface area contributed by atoms with Crippen LogP contribution in [0.5, 0.6) is 0 Å². The Morgan fingerprint density at radius 1 is 1.22 bits per heavy atom. The van der Waals surface area contributed by atoms with E-state index >= 15 is 0 Å². The molecule has 2 rings (SSSR count). The fraction of sp³-hybridized carbons (Fsp3) is 0.438. The van der Waals surface area contributed by atoms with E-state index in [0.717, 1.165) is 5.52 Å². The number of carboxylic acids is 1. The van der Waals surface area contributed by atoms with E-state index in [1.54, 1.807) is 25.2 Å². The summed E-state index contributed by atoms with van der Waals surface area (Å²) in [6.45, 7) is 3.57. The summed E-state index contributed by atoms with van der Waals surface area (Å²) in [6, 6.07) is 6.20. The Hall–Kier alpha value is -2.57. The largest absolute Gasteiger partial charge is 0.480 e. The van der Waals surface area contributed by atoms with Gasteiger partial charge in [0.2, 0.25) is 5.91 Å². The summed E-state index contributed by atoms with van der Waals surface area (Å²) in [5.74, 6) is -1.43. The summed E-state index contributed by atoms with van der Waals surface area (Å²) in [7, 11) is 1.64. The van der Waals surface area contributed by atoms with E-state index in [0.29, 0.717) is 11.9 Å². The number of hydrogen-bond acceptors (Lipinski definition) is 3. The molecule has 0 radical (unpaired) electrons. The Morgan fingerprint density at radius 2 is 1.83 bits per heavy atom. The zero-order chi connectivity index (χ0) is 17.1. The number of carbonyl (C=O) groups excluding carboxylic acids is 1. The molecule has 7 nitrogen and oxygen atoms in total. The molecule has 0 spiro atoms. The molecule has 0 saturated carbocycles. The van der Waals surface area contributed by atoms with Gasteiger partial charge in [-0.05, 0) is 24.5 Å². The van der Waals surface area contributed by atoms with E-state index in [2.05, 4.69) is 5.32 Å². The second kappa shape index (κ2) is 6.68. The van der Waals surface area contributed by atoms with Crippen molar-refractivity contribution in [3.05, 3.63) is 34.7 Å². The van der Waals surface area contributed by atoms with Crippen LogP contribution in [0.2, 0.25) is 0 Å². The number of benzene rings is 1.